The third-order valence-electron chi connectivity index (χ3n) is 2.06. The average molecular weight is 301 g/mol. The highest BCUT2D eigenvalue weighted by molar-refractivity contribution is 9.10. The molecule has 0 saturated heterocycles. The van der Waals surface area contributed by atoms with Crippen molar-refractivity contribution in [2.45, 2.75) is 26.4 Å². The molecule has 3 N–H and O–H groups in total. The lowest BCUT2D eigenvalue weighted by Gasteiger charge is -2.10. The Bertz CT molecular complexity index is 394. The molecule has 94 valence electrons. The lowest BCUT2D eigenvalue weighted by atomic mass is 10.2. The average Bonchev–Trinajstić information content (AvgIpc) is 2.27. The van der Waals surface area contributed by atoms with Crippen LogP contribution in [-0.4, -0.2) is 18.6 Å². The molecule has 0 aliphatic rings. The second-order valence-electron chi connectivity index (χ2n) is 3.97. The topological polar surface area (TPSA) is 64.3 Å². The molecule has 0 aliphatic heterocycles. The van der Waals surface area contributed by atoms with E-state index in [1.807, 2.05) is 26.0 Å². The smallest absolute Gasteiger partial charge is 0.258 e. The van der Waals surface area contributed by atoms with E-state index in [1.54, 1.807) is 6.07 Å². The zero-order valence-electron chi connectivity index (χ0n) is 10.00. The minimum Gasteiger partial charge on any atom is -0.484 e. The van der Waals surface area contributed by atoms with E-state index in [4.69, 9.17) is 10.5 Å². The van der Waals surface area contributed by atoms with Gasteiger partial charge in [-0.25, -0.2) is 0 Å². The van der Waals surface area contributed by atoms with Gasteiger partial charge >= 0.3 is 0 Å². The van der Waals surface area contributed by atoms with Crippen molar-refractivity contribution in [1.82, 2.24) is 5.32 Å². The molecule has 17 heavy (non-hydrogen) atoms. The quantitative estimate of drug-likeness (QED) is 0.872. The van der Waals surface area contributed by atoms with Crippen molar-refractivity contribution in [3.63, 3.8) is 0 Å². The molecule has 1 aromatic carbocycles. The molecule has 0 heterocycles. The Morgan fingerprint density at radius 2 is 2.24 bits per heavy atom. The molecular formula is C12H17BrN2O2. The zero-order chi connectivity index (χ0) is 12.8. The minimum absolute atomic E-state index is 0.0177. The summed E-state index contributed by atoms with van der Waals surface area (Å²) in [5.74, 6) is 0.518. The summed E-state index contributed by atoms with van der Waals surface area (Å²) in [6, 6.07) is 5.60. The maximum atomic E-state index is 11.4. The third kappa shape index (κ3) is 4.75. The number of amides is 1. The van der Waals surface area contributed by atoms with Gasteiger partial charge in [0.15, 0.2) is 6.61 Å². The monoisotopic (exact) mass is 300 g/mol. The van der Waals surface area contributed by atoms with Gasteiger partial charge in [0.1, 0.15) is 5.75 Å². The number of hydrogen-bond acceptors (Lipinski definition) is 3. The van der Waals surface area contributed by atoms with Crippen LogP contribution in [0.25, 0.3) is 0 Å². The van der Waals surface area contributed by atoms with E-state index in [-0.39, 0.29) is 18.6 Å². The number of benzene rings is 1. The van der Waals surface area contributed by atoms with Gasteiger partial charge in [-0.1, -0.05) is 15.9 Å². The number of carbonyl (C=O) groups excluding carboxylic acids is 1. The van der Waals surface area contributed by atoms with E-state index < -0.39 is 0 Å². The van der Waals surface area contributed by atoms with E-state index in [9.17, 15) is 4.79 Å². The number of ether oxygens (including phenoxy) is 1. The molecule has 0 bridgehead atoms. The van der Waals surface area contributed by atoms with Crippen LogP contribution in [-0.2, 0) is 11.3 Å². The van der Waals surface area contributed by atoms with Gasteiger partial charge < -0.3 is 15.8 Å². The van der Waals surface area contributed by atoms with Gasteiger partial charge in [0.2, 0.25) is 0 Å². The Labute approximate surface area is 110 Å². The number of hydrogen-bond donors (Lipinski definition) is 2. The van der Waals surface area contributed by atoms with Gasteiger partial charge in [0.05, 0.1) is 0 Å². The van der Waals surface area contributed by atoms with Gasteiger partial charge in [-0.15, -0.1) is 0 Å². The molecule has 5 heteroatoms. The number of carbonyl (C=O) groups is 1. The molecule has 0 aliphatic carbocycles. The molecule has 1 aromatic rings. The van der Waals surface area contributed by atoms with Crippen LogP contribution in [0.2, 0.25) is 0 Å². The van der Waals surface area contributed by atoms with Gasteiger partial charge in [0, 0.05) is 17.1 Å². The summed E-state index contributed by atoms with van der Waals surface area (Å²) in [5, 5.41) is 2.76. The summed E-state index contributed by atoms with van der Waals surface area (Å²) in [5.41, 5.74) is 6.53. The molecule has 0 saturated carbocycles. The molecule has 0 atom stereocenters. The fourth-order valence-corrected chi connectivity index (χ4v) is 1.72. The van der Waals surface area contributed by atoms with Crippen LogP contribution in [0.15, 0.2) is 22.7 Å². The fourth-order valence-electron chi connectivity index (χ4n) is 1.31. The number of nitrogens with two attached hydrogens (primary N) is 1. The van der Waals surface area contributed by atoms with Crippen molar-refractivity contribution < 1.29 is 9.53 Å². The van der Waals surface area contributed by atoms with Crippen molar-refractivity contribution in [1.29, 1.82) is 0 Å². The molecule has 1 rings (SSSR count). The molecule has 0 unspecified atom stereocenters. The second-order valence-corrected chi connectivity index (χ2v) is 4.82. The highest BCUT2D eigenvalue weighted by Crippen LogP contribution is 2.22. The van der Waals surface area contributed by atoms with Crippen molar-refractivity contribution in [2.75, 3.05) is 6.61 Å². The normalized spacial score (nSPS) is 10.4. The van der Waals surface area contributed by atoms with Crippen LogP contribution in [0.4, 0.5) is 0 Å². The Kier molecular flexibility index (Phi) is 5.44. The standard InChI is InChI=1S/C12H17BrN2O2/c1-8(2)15-12(16)7-17-10-3-4-11(13)9(5-10)6-14/h3-5,8H,6-7,14H2,1-2H3,(H,15,16). The fraction of sp³-hybridized carbons (Fsp3) is 0.417. The van der Waals surface area contributed by atoms with E-state index in [2.05, 4.69) is 21.2 Å². The second kappa shape index (κ2) is 6.61. The minimum atomic E-state index is -0.128. The molecule has 0 spiro atoms. The first-order valence-electron chi connectivity index (χ1n) is 5.43. The SMILES string of the molecule is CC(C)NC(=O)COc1ccc(Br)c(CN)c1. The lowest BCUT2D eigenvalue weighted by molar-refractivity contribution is -0.123. The van der Waals surface area contributed by atoms with Gasteiger partial charge in [-0.3, -0.25) is 4.79 Å². The van der Waals surface area contributed by atoms with Crippen LogP contribution in [0.3, 0.4) is 0 Å². The third-order valence-corrected chi connectivity index (χ3v) is 2.83. The summed E-state index contributed by atoms with van der Waals surface area (Å²) in [7, 11) is 0. The van der Waals surface area contributed by atoms with E-state index in [0.717, 1.165) is 10.0 Å². The van der Waals surface area contributed by atoms with Crippen molar-refractivity contribution in [3.8, 4) is 5.75 Å². The first-order valence-corrected chi connectivity index (χ1v) is 6.23. The van der Waals surface area contributed by atoms with E-state index in [1.165, 1.54) is 0 Å². The predicted molar refractivity (Wildman–Crippen MR) is 70.8 cm³/mol. The summed E-state index contributed by atoms with van der Waals surface area (Å²) < 4.78 is 6.32. The maximum Gasteiger partial charge on any atom is 0.258 e. The van der Waals surface area contributed by atoms with Crippen molar-refractivity contribution in [2.24, 2.45) is 5.73 Å². The molecular weight excluding hydrogens is 284 g/mol. The molecule has 4 nitrogen and oxygen atoms in total. The number of halogens is 1. The van der Waals surface area contributed by atoms with E-state index >= 15 is 0 Å². The first-order chi connectivity index (χ1) is 8.02. The summed E-state index contributed by atoms with van der Waals surface area (Å²) >= 11 is 3.39. The Hall–Kier alpha value is -1.07. The largest absolute Gasteiger partial charge is 0.484 e. The van der Waals surface area contributed by atoms with Crippen molar-refractivity contribution >= 4 is 21.8 Å². The highest BCUT2D eigenvalue weighted by atomic mass is 79.9. The van der Waals surface area contributed by atoms with Crippen LogP contribution in [0.1, 0.15) is 19.4 Å². The van der Waals surface area contributed by atoms with Gasteiger partial charge in [-0.2, -0.15) is 0 Å². The predicted octanol–water partition coefficient (Wildman–Crippen LogP) is 1.81. The number of nitrogens with one attached hydrogen (secondary N) is 1. The molecule has 0 fully saturated rings. The first kappa shape index (κ1) is 14.0. The summed E-state index contributed by atoms with van der Waals surface area (Å²) in [6.45, 7) is 4.26. The summed E-state index contributed by atoms with van der Waals surface area (Å²) in [6.07, 6.45) is 0. The van der Waals surface area contributed by atoms with Crippen LogP contribution >= 0.6 is 15.9 Å². The van der Waals surface area contributed by atoms with Crippen LogP contribution < -0.4 is 15.8 Å². The molecule has 0 radical (unpaired) electrons. The highest BCUT2D eigenvalue weighted by Gasteiger charge is 2.05. The van der Waals surface area contributed by atoms with Gasteiger partial charge in [0.25, 0.3) is 5.91 Å². The Balaban J connectivity index is 2.55. The van der Waals surface area contributed by atoms with Crippen LogP contribution in [0.5, 0.6) is 5.75 Å². The Morgan fingerprint density at radius 1 is 1.53 bits per heavy atom. The molecule has 1 amide bonds. The Morgan fingerprint density at radius 3 is 2.82 bits per heavy atom. The lowest BCUT2D eigenvalue weighted by Crippen LogP contribution is -2.34. The van der Waals surface area contributed by atoms with E-state index in [0.29, 0.717) is 12.3 Å². The summed E-state index contributed by atoms with van der Waals surface area (Å²) in [4.78, 5) is 11.4. The van der Waals surface area contributed by atoms with Gasteiger partial charge in [-0.05, 0) is 37.6 Å². The van der Waals surface area contributed by atoms with Crippen LogP contribution in [0, 0.1) is 0 Å². The maximum absolute atomic E-state index is 11.4. The zero-order valence-corrected chi connectivity index (χ0v) is 11.6. The molecule has 0 aromatic heterocycles. The number of rotatable bonds is 5. The van der Waals surface area contributed by atoms with Crippen molar-refractivity contribution in [3.05, 3.63) is 28.2 Å².